The van der Waals surface area contributed by atoms with Gasteiger partial charge in [-0.2, -0.15) is 13.2 Å². The van der Waals surface area contributed by atoms with Gasteiger partial charge in [-0.3, -0.25) is 0 Å². The molecule has 1 aromatic carbocycles. The molecule has 1 aliphatic heterocycles. The smallest absolute Gasteiger partial charge is 0.328 e. The third kappa shape index (κ3) is 3.71. The van der Waals surface area contributed by atoms with Crippen molar-refractivity contribution in [1.82, 2.24) is 4.90 Å². The number of nitrogens with zero attached hydrogens (tertiary/aromatic N) is 1. The summed E-state index contributed by atoms with van der Waals surface area (Å²) in [6.07, 6.45) is -2.57. The third-order valence-corrected chi connectivity index (χ3v) is 4.06. The number of benzene rings is 1. The highest BCUT2D eigenvalue weighted by molar-refractivity contribution is 5.89. The van der Waals surface area contributed by atoms with Crippen molar-refractivity contribution in [3.63, 3.8) is 0 Å². The number of alkyl halides is 3. The van der Waals surface area contributed by atoms with E-state index >= 15 is 0 Å². The molecule has 122 valence electrons. The highest BCUT2D eigenvalue weighted by Gasteiger charge is 2.32. The van der Waals surface area contributed by atoms with E-state index < -0.39 is 17.8 Å². The van der Waals surface area contributed by atoms with E-state index in [0.717, 1.165) is 25.0 Å². The minimum atomic E-state index is -4.43. The summed E-state index contributed by atoms with van der Waals surface area (Å²) in [5, 5.41) is 2.54. The van der Waals surface area contributed by atoms with Crippen LogP contribution in [-0.4, -0.2) is 30.1 Å². The van der Waals surface area contributed by atoms with Gasteiger partial charge in [0.05, 0.1) is 5.56 Å². The molecule has 1 heterocycles. The Morgan fingerprint density at radius 2 is 2.18 bits per heavy atom. The zero-order valence-electron chi connectivity index (χ0n) is 12.4. The molecule has 1 fully saturated rings. The first kappa shape index (κ1) is 16.6. The number of urea groups is 1. The first-order valence-corrected chi connectivity index (χ1v) is 7.28. The first-order chi connectivity index (χ1) is 10.3. The van der Waals surface area contributed by atoms with E-state index in [9.17, 15) is 18.0 Å². The van der Waals surface area contributed by atoms with Crippen LogP contribution in [0.1, 0.15) is 25.3 Å². The first-order valence-electron chi connectivity index (χ1n) is 7.28. The van der Waals surface area contributed by atoms with E-state index in [-0.39, 0.29) is 17.6 Å². The second-order valence-electron chi connectivity index (χ2n) is 5.62. The number of piperidine rings is 1. The standard InChI is InChI=1S/C15H20F3N3O/c1-10-4-3-7-21(13(10)9-19)14(22)20-12-6-2-5-11(8-12)15(16,17)18/h2,5-6,8,10,13H,3-4,7,9,19H2,1H3,(H,20,22). The minimum absolute atomic E-state index is 0.0838. The molecule has 0 bridgehead atoms. The summed E-state index contributed by atoms with van der Waals surface area (Å²) in [4.78, 5) is 13.9. The highest BCUT2D eigenvalue weighted by Crippen LogP contribution is 2.31. The Bertz CT molecular complexity index is 533. The van der Waals surface area contributed by atoms with Crippen LogP contribution in [0.15, 0.2) is 24.3 Å². The number of carbonyl (C=O) groups is 1. The van der Waals surface area contributed by atoms with Crippen LogP contribution in [-0.2, 0) is 6.18 Å². The Morgan fingerprint density at radius 1 is 1.45 bits per heavy atom. The Kier molecular flexibility index (Phi) is 4.95. The van der Waals surface area contributed by atoms with E-state index in [2.05, 4.69) is 5.32 Å². The zero-order valence-corrected chi connectivity index (χ0v) is 12.4. The van der Waals surface area contributed by atoms with Crippen LogP contribution in [0.3, 0.4) is 0 Å². The number of nitrogens with two attached hydrogens (primary N) is 1. The maximum Gasteiger partial charge on any atom is 0.416 e. The summed E-state index contributed by atoms with van der Waals surface area (Å²) >= 11 is 0. The number of anilines is 1. The summed E-state index contributed by atoms with van der Waals surface area (Å²) < 4.78 is 38.1. The van der Waals surface area contributed by atoms with Crippen molar-refractivity contribution in [3.8, 4) is 0 Å². The van der Waals surface area contributed by atoms with E-state index in [0.29, 0.717) is 13.1 Å². The van der Waals surface area contributed by atoms with Gasteiger partial charge in [-0.1, -0.05) is 13.0 Å². The number of amides is 2. The normalized spacial score (nSPS) is 22.5. The average molecular weight is 315 g/mol. The minimum Gasteiger partial charge on any atom is -0.328 e. The number of hydrogen-bond acceptors (Lipinski definition) is 2. The van der Waals surface area contributed by atoms with Crippen molar-refractivity contribution in [1.29, 1.82) is 0 Å². The largest absolute Gasteiger partial charge is 0.416 e. The van der Waals surface area contributed by atoms with Gasteiger partial charge < -0.3 is 16.0 Å². The van der Waals surface area contributed by atoms with Gasteiger partial charge in [-0.15, -0.1) is 0 Å². The monoisotopic (exact) mass is 315 g/mol. The van der Waals surface area contributed by atoms with Gasteiger partial charge in [0.1, 0.15) is 0 Å². The highest BCUT2D eigenvalue weighted by atomic mass is 19.4. The molecule has 0 saturated carbocycles. The molecule has 7 heteroatoms. The summed E-state index contributed by atoms with van der Waals surface area (Å²) in [6.45, 7) is 2.94. The van der Waals surface area contributed by atoms with Crippen LogP contribution in [0.2, 0.25) is 0 Å². The molecule has 3 N–H and O–H groups in total. The topological polar surface area (TPSA) is 58.4 Å². The second kappa shape index (κ2) is 6.56. The lowest BCUT2D eigenvalue weighted by Gasteiger charge is -2.39. The molecule has 1 saturated heterocycles. The average Bonchev–Trinajstić information content (AvgIpc) is 2.46. The lowest BCUT2D eigenvalue weighted by atomic mass is 9.91. The number of rotatable bonds is 2. The number of hydrogen-bond donors (Lipinski definition) is 2. The molecule has 0 radical (unpaired) electrons. The molecule has 0 spiro atoms. The van der Waals surface area contributed by atoms with Gasteiger partial charge in [-0.05, 0) is 37.0 Å². The van der Waals surface area contributed by atoms with Gasteiger partial charge >= 0.3 is 12.2 Å². The van der Waals surface area contributed by atoms with Crippen LogP contribution in [0.4, 0.5) is 23.7 Å². The van der Waals surface area contributed by atoms with Gasteiger partial charge in [0.15, 0.2) is 0 Å². The fraction of sp³-hybridized carbons (Fsp3) is 0.533. The molecule has 1 aliphatic rings. The predicted octanol–water partition coefficient (Wildman–Crippen LogP) is 3.30. The van der Waals surface area contributed by atoms with Crippen molar-refractivity contribution in [2.45, 2.75) is 32.0 Å². The molecule has 2 rings (SSSR count). The third-order valence-electron chi connectivity index (χ3n) is 4.06. The number of carbonyl (C=O) groups excluding carboxylic acids is 1. The quantitative estimate of drug-likeness (QED) is 0.880. The van der Waals surface area contributed by atoms with Crippen LogP contribution in [0, 0.1) is 5.92 Å². The van der Waals surface area contributed by atoms with Crippen LogP contribution in [0.25, 0.3) is 0 Å². The van der Waals surface area contributed by atoms with Crippen LogP contribution >= 0.6 is 0 Å². The number of likely N-dealkylation sites (tertiary alicyclic amines) is 1. The molecule has 2 amide bonds. The molecule has 2 atom stereocenters. The summed E-state index contributed by atoms with van der Waals surface area (Å²) in [6, 6.07) is 4.14. The van der Waals surface area contributed by atoms with Crippen molar-refractivity contribution in [2.24, 2.45) is 11.7 Å². The van der Waals surface area contributed by atoms with E-state index in [1.807, 2.05) is 6.92 Å². The van der Waals surface area contributed by atoms with Crippen molar-refractivity contribution in [2.75, 3.05) is 18.4 Å². The van der Waals surface area contributed by atoms with Gasteiger partial charge in [0, 0.05) is 24.8 Å². The molecular formula is C15H20F3N3O. The maximum atomic E-state index is 12.7. The molecule has 1 aromatic rings. The molecule has 0 aromatic heterocycles. The lowest BCUT2D eigenvalue weighted by molar-refractivity contribution is -0.137. The fourth-order valence-electron chi connectivity index (χ4n) is 2.83. The molecule has 2 unspecified atom stereocenters. The molecular weight excluding hydrogens is 295 g/mol. The van der Waals surface area contributed by atoms with Crippen LogP contribution < -0.4 is 11.1 Å². The summed E-state index contributed by atoms with van der Waals surface area (Å²) in [5.41, 5.74) is 5.07. The lowest BCUT2D eigenvalue weighted by Crippen LogP contribution is -2.52. The summed E-state index contributed by atoms with van der Waals surface area (Å²) in [7, 11) is 0. The zero-order chi connectivity index (χ0) is 16.3. The number of halogens is 3. The van der Waals surface area contributed by atoms with Gasteiger partial charge in [-0.25, -0.2) is 4.79 Å². The Hall–Kier alpha value is -1.76. The second-order valence-corrected chi connectivity index (χ2v) is 5.62. The van der Waals surface area contributed by atoms with E-state index in [1.54, 1.807) is 4.90 Å². The Labute approximate surface area is 127 Å². The van der Waals surface area contributed by atoms with Crippen molar-refractivity contribution in [3.05, 3.63) is 29.8 Å². The van der Waals surface area contributed by atoms with Crippen LogP contribution in [0.5, 0.6) is 0 Å². The molecule has 0 aliphatic carbocycles. The molecule has 4 nitrogen and oxygen atoms in total. The SMILES string of the molecule is CC1CCCN(C(=O)Nc2cccc(C(F)(F)F)c2)C1CN. The van der Waals surface area contributed by atoms with Crippen molar-refractivity contribution < 1.29 is 18.0 Å². The van der Waals surface area contributed by atoms with Gasteiger partial charge in [0.25, 0.3) is 0 Å². The summed E-state index contributed by atoms with van der Waals surface area (Å²) in [5.74, 6) is 0.283. The fourth-order valence-corrected chi connectivity index (χ4v) is 2.83. The Balaban J connectivity index is 2.11. The van der Waals surface area contributed by atoms with Gasteiger partial charge in [0.2, 0.25) is 0 Å². The van der Waals surface area contributed by atoms with E-state index in [1.165, 1.54) is 12.1 Å². The number of nitrogens with one attached hydrogen (secondary N) is 1. The predicted molar refractivity (Wildman–Crippen MR) is 78.4 cm³/mol. The van der Waals surface area contributed by atoms with Crippen molar-refractivity contribution >= 4 is 11.7 Å². The van der Waals surface area contributed by atoms with E-state index in [4.69, 9.17) is 5.73 Å². The Morgan fingerprint density at radius 3 is 2.82 bits per heavy atom. The molecule has 22 heavy (non-hydrogen) atoms. The maximum absolute atomic E-state index is 12.7.